The molecular formula is C17H22FNO4. The fourth-order valence-corrected chi connectivity index (χ4v) is 2.93. The second kappa shape index (κ2) is 8.06. The minimum atomic E-state index is -1.04. The first kappa shape index (κ1) is 17.4. The number of rotatable bonds is 6. The van der Waals surface area contributed by atoms with Gasteiger partial charge in [-0.25, -0.2) is 4.39 Å². The lowest BCUT2D eigenvalue weighted by molar-refractivity contribution is -0.147. The Balaban J connectivity index is 2.07. The molecule has 1 aliphatic rings. The number of halogens is 1. The monoisotopic (exact) mass is 323 g/mol. The molecule has 126 valence electrons. The molecule has 0 aliphatic carbocycles. The van der Waals surface area contributed by atoms with Gasteiger partial charge in [0.05, 0.1) is 0 Å². The number of hydrogen-bond acceptors (Lipinski definition) is 3. The highest BCUT2D eigenvalue weighted by atomic mass is 19.1. The van der Waals surface area contributed by atoms with Crippen molar-refractivity contribution in [1.29, 1.82) is 0 Å². The van der Waals surface area contributed by atoms with Gasteiger partial charge in [-0.2, -0.15) is 0 Å². The number of carboxylic acid groups (broad SMARTS) is 1. The van der Waals surface area contributed by atoms with Gasteiger partial charge in [0.1, 0.15) is 12.4 Å². The first-order valence-electron chi connectivity index (χ1n) is 7.82. The lowest BCUT2D eigenvalue weighted by Gasteiger charge is -2.34. The van der Waals surface area contributed by atoms with E-state index in [2.05, 4.69) is 0 Å². The predicted octanol–water partition coefficient (Wildman–Crippen LogP) is 2.41. The minimum absolute atomic E-state index is 0.0889. The molecule has 1 aromatic rings. The third kappa shape index (κ3) is 4.76. The van der Waals surface area contributed by atoms with E-state index in [4.69, 9.17) is 9.84 Å². The Hall–Kier alpha value is -1.95. The summed E-state index contributed by atoms with van der Waals surface area (Å²) in [7, 11) is 0. The van der Waals surface area contributed by atoms with E-state index in [0.29, 0.717) is 31.6 Å². The van der Waals surface area contributed by atoms with Crippen LogP contribution in [0.15, 0.2) is 24.3 Å². The summed E-state index contributed by atoms with van der Waals surface area (Å²) < 4.78 is 19.1. The Morgan fingerprint density at radius 2 is 2.00 bits per heavy atom. The maximum absolute atomic E-state index is 13.8. The number of hydrogen-bond donors (Lipinski definition) is 1. The molecule has 1 amide bonds. The van der Waals surface area contributed by atoms with Gasteiger partial charge in [-0.05, 0) is 30.4 Å². The van der Waals surface area contributed by atoms with Crippen molar-refractivity contribution in [2.45, 2.75) is 38.1 Å². The van der Waals surface area contributed by atoms with Gasteiger partial charge in [0, 0.05) is 25.7 Å². The molecule has 5 nitrogen and oxygen atoms in total. The van der Waals surface area contributed by atoms with Crippen LogP contribution in [0.2, 0.25) is 0 Å². The lowest BCUT2D eigenvalue weighted by atomic mass is 9.95. The van der Waals surface area contributed by atoms with Crippen molar-refractivity contribution in [2.24, 2.45) is 0 Å². The Morgan fingerprint density at radius 3 is 2.61 bits per heavy atom. The number of ether oxygens (including phenoxy) is 1. The number of aliphatic carboxylic acids is 1. The van der Waals surface area contributed by atoms with E-state index >= 15 is 0 Å². The van der Waals surface area contributed by atoms with Gasteiger partial charge in [-0.1, -0.05) is 25.1 Å². The van der Waals surface area contributed by atoms with E-state index in [1.807, 2.05) is 0 Å². The van der Waals surface area contributed by atoms with Crippen molar-refractivity contribution in [3.05, 3.63) is 35.6 Å². The molecule has 1 atom stereocenters. The average molecular weight is 323 g/mol. The normalized spacial score (nSPS) is 16.8. The number of amides is 1. The molecule has 0 unspecified atom stereocenters. The molecule has 0 saturated carbocycles. The quantitative estimate of drug-likeness (QED) is 0.873. The van der Waals surface area contributed by atoms with Crippen LogP contribution in [0.25, 0.3) is 0 Å². The van der Waals surface area contributed by atoms with Crippen LogP contribution in [0.3, 0.4) is 0 Å². The highest BCUT2D eigenvalue weighted by molar-refractivity contribution is 5.82. The predicted molar refractivity (Wildman–Crippen MR) is 82.6 cm³/mol. The highest BCUT2D eigenvalue weighted by Crippen LogP contribution is 2.24. The van der Waals surface area contributed by atoms with Crippen LogP contribution in [-0.4, -0.2) is 47.7 Å². The van der Waals surface area contributed by atoms with Crippen LogP contribution in [0.1, 0.15) is 37.7 Å². The summed E-state index contributed by atoms with van der Waals surface area (Å²) in [5.41, 5.74) is 0.475. The van der Waals surface area contributed by atoms with Gasteiger partial charge < -0.3 is 14.7 Å². The minimum Gasteiger partial charge on any atom is -0.480 e. The Morgan fingerprint density at radius 1 is 1.35 bits per heavy atom. The molecule has 1 N–H and O–H groups in total. The van der Waals surface area contributed by atoms with Gasteiger partial charge in [-0.3, -0.25) is 9.59 Å². The first-order chi connectivity index (χ1) is 11.0. The molecular weight excluding hydrogens is 301 g/mol. The third-order valence-electron chi connectivity index (χ3n) is 4.17. The number of carbonyl (C=O) groups excluding carboxylic acids is 1. The Labute approximate surface area is 135 Å². The zero-order valence-corrected chi connectivity index (χ0v) is 13.2. The summed E-state index contributed by atoms with van der Waals surface area (Å²) in [6.45, 7) is 2.50. The Bertz CT molecular complexity index is 557. The molecule has 1 saturated heterocycles. The van der Waals surface area contributed by atoms with E-state index in [0.717, 1.165) is 0 Å². The van der Waals surface area contributed by atoms with Crippen molar-refractivity contribution in [1.82, 2.24) is 4.90 Å². The summed E-state index contributed by atoms with van der Waals surface area (Å²) in [6, 6.07) is 6.23. The molecule has 1 fully saturated rings. The van der Waals surface area contributed by atoms with E-state index in [9.17, 15) is 14.0 Å². The van der Waals surface area contributed by atoms with E-state index in [1.165, 1.54) is 11.0 Å². The van der Waals surface area contributed by atoms with Crippen LogP contribution >= 0.6 is 0 Å². The number of benzene rings is 1. The number of nitrogens with zero attached hydrogens (tertiary/aromatic N) is 1. The SMILES string of the molecule is C[C@@H](CC(=O)N(CC(=O)O)C1CCOCC1)c1ccccc1F. The van der Waals surface area contributed by atoms with Gasteiger partial charge in [0.15, 0.2) is 0 Å². The van der Waals surface area contributed by atoms with Crippen LogP contribution < -0.4 is 0 Å². The van der Waals surface area contributed by atoms with Gasteiger partial charge in [0.25, 0.3) is 0 Å². The second-order valence-corrected chi connectivity index (χ2v) is 5.89. The molecule has 6 heteroatoms. The van der Waals surface area contributed by atoms with Crippen molar-refractivity contribution >= 4 is 11.9 Å². The molecule has 2 rings (SSSR count). The van der Waals surface area contributed by atoms with Crippen molar-refractivity contribution in [3.63, 3.8) is 0 Å². The maximum Gasteiger partial charge on any atom is 0.323 e. The van der Waals surface area contributed by atoms with Gasteiger partial charge in [0.2, 0.25) is 5.91 Å². The molecule has 1 aromatic carbocycles. The molecule has 0 aromatic heterocycles. The second-order valence-electron chi connectivity index (χ2n) is 5.89. The van der Waals surface area contributed by atoms with Gasteiger partial charge >= 0.3 is 5.97 Å². The lowest BCUT2D eigenvalue weighted by Crippen LogP contribution is -2.46. The third-order valence-corrected chi connectivity index (χ3v) is 4.17. The summed E-state index contributed by atoms with van der Waals surface area (Å²) in [4.78, 5) is 25.1. The van der Waals surface area contributed by atoms with Crippen molar-refractivity contribution < 1.29 is 23.8 Å². The van der Waals surface area contributed by atoms with Crippen LogP contribution in [0, 0.1) is 5.82 Å². The maximum atomic E-state index is 13.8. The Kier molecular flexibility index (Phi) is 6.10. The van der Waals surface area contributed by atoms with Crippen LogP contribution in [0.5, 0.6) is 0 Å². The van der Waals surface area contributed by atoms with Crippen LogP contribution in [-0.2, 0) is 14.3 Å². The molecule has 0 spiro atoms. The number of carboxylic acids is 1. The molecule has 0 bridgehead atoms. The summed E-state index contributed by atoms with van der Waals surface area (Å²) in [5, 5.41) is 9.07. The van der Waals surface area contributed by atoms with Crippen molar-refractivity contribution in [2.75, 3.05) is 19.8 Å². The topological polar surface area (TPSA) is 66.8 Å². The van der Waals surface area contributed by atoms with Crippen LogP contribution in [0.4, 0.5) is 4.39 Å². The van der Waals surface area contributed by atoms with Gasteiger partial charge in [-0.15, -0.1) is 0 Å². The standard InChI is InChI=1S/C17H22FNO4/c1-12(14-4-2-3-5-15(14)18)10-16(20)19(11-17(21)22)13-6-8-23-9-7-13/h2-5,12-13H,6-11H2,1H3,(H,21,22)/t12-/m0/s1. The number of carbonyl (C=O) groups is 2. The molecule has 1 aliphatic heterocycles. The zero-order chi connectivity index (χ0) is 16.8. The summed E-state index contributed by atoms with van der Waals surface area (Å²) in [5.74, 6) is -1.94. The molecule has 23 heavy (non-hydrogen) atoms. The molecule has 0 radical (unpaired) electrons. The zero-order valence-electron chi connectivity index (χ0n) is 13.2. The highest BCUT2D eigenvalue weighted by Gasteiger charge is 2.28. The van der Waals surface area contributed by atoms with E-state index < -0.39 is 5.97 Å². The largest absolute Gasteiger partial charge is 0.480 e. The summed E-state index contributed by atoms with van der Waals surface area (Å²) >= 11 is 0. The fourth-order valence-electron chi connectivity index (χ4n) is 2.93. The first-order valence-corrected chi connectivity index (χ1v) is 7.82. The smallest absolute Gasteiger partial charge is 0.323 e. The molecule has 1 heterocycles. The van der Waals surface area contributed by atoms with Crippen molar-refractivity contribution in [3.8, 4) is 0 Å². The van der Waals surface area contributed by atoms with E-state index in [-0.39, 0.29) is 36.6 Å². The average Bonchev–Trinajstić information content (AvgIpc) is 2.53. The fraction of sp³-hybridized carbons (Fsp3) is 0.529. The summed E-state index contributed by atoms with van der Waals surface area (Å²) in [6.07, 6.45) is 1.35. The van der Waals surface area contributed by atoms with E-state index in [1.54, 1.807) is 25.1 Å².